The van der Waals surface area contributed by atoms with E-state index in [0.29, 0.717) is 12.4 Å². The Morgan fingerprint density at radius 2 is 2.33 bits per heavy atom. The molecule has 2 heterocycles. The number of nitrogens with zero attached hydrogens (tertiary/aromatic N) is 3. The maximum absolute atomic E-state index is 5.64. The van der Waals surface area contributed by atoms with Crippen molar-refractivity contribution >= 4 is 11.6 Å². The highest BCUT2D eigenvalue weighted by Crippen LogP contribution is 2.09. The summed E-state index contributed by atoms with van der Waals surface area (Å²) < 4.78 is 0. The fourth-order valence-electron chi connectivity index (χ4n) is 1.20. The van der Waals surface area contributed by atoms with Crippen LogP contribution in [0.5, 0.6) is 0 Å². The summed E-state index contributed by atoms with van der Waals surface area (Å²) in [6.07, 6.45) is 3.22. The van der Waals surface area contributed by atoms with Gasteiger partial charge in [-0.05, 0) is 6.92 Å². The van der Waals surface area contributed by atoms with E-state index in [0.717, 1.165) is 17.1 Å². The van der Waals surface area contributed by atoms with Gasteiger partial charge in [0.2, 0.25) is 0 Å². The smallest absolute Gasteiger partial charge is 0.129 e. The number of aromatic nitrogens is 4. The first kappa shape index (κ1) is 9.45. The average molecular weight is 204 g/mol. The van der Waals surface area contributed by atoms with Gasteiger partial charge in [0.25, 0.3) is 0 Å². The fraction of sp³-hybridized carbons (Fsp3) is 0.222. The summed E-state index contributed by atoms with van der Waals surface area (Å²) in [5.74, 6) is 1.36. The molecule has 0 unspecified atom stereocenters. The molecule has 0 saturated heterocycles. The number of hydrogen-bond acceptors (Lipinski definition) is 5. The standard InChI is InChI=1S/C9H12N6/c1-6-2-8(13-5-12-6)11-3-7-4-14-15-9(7)10/h2,4-5H,3H2,1H3,(H3,10,14,15)(H,11,12,13). The summed E-state index contributed by atoms with van der Waals surface area (Å²) in [5.41, 5.74) is 7.49. The molecule has 0 bridgehead atoms. The molecule has 6 nitrogen and oxygen atoms in total. The van der Waals surface area contributed by atoms with Crippen molar-refractivity contribution in [1.29, 1.82) is 0 Å². The Bertz CT molecular complexity index is 449. The number of anilines is 2. The molecule has 2 aromatic heterocycles. The molecule has 15 heavy (non-hydrogen) atoms. The third-order valence-electron chi connectivity index (χ3n) is 2.02. The van der Waals surface area contributed by atoms with Crippen molar-refractivity contribution < 1.29 is 0 Å². The summed E-state index contributed by atoms with van der Waals surface area (Å²) in [7, 11) is 0. The summed E-state index contributed by atoms with van der Waals surface area (Å²) in [5, 5.41) is 9.64. The lowest BCUT2D eigenvalue weighted by molar-refractivity contribution is 1.06. The van der Waals surface area contributed by atoms with E-state index in [1.165, 1.54) is 6.33 Å². The minimum absolute atomic E-state index is 0.577. The van der Waals surface area contributed by atoms with Crippen LogP contribution in [0.2, 0.25) is 0 Å². The molecule has 0 spiro atoms. The second-order valence-corrected chi connectivity index (χ2v) is 3.21. The second-order valence-electron chi connectivity index (χ2n) is 3.21. The van der Waals surface area contributed by atoms with Gasteiger partial charge < -0.3 is 11.1 Å². The van der Waals surface area contributed by atoms with Gasteiger partial charge in [-0.15, -0.1) is 0 Å². The molecule has 2 aromatic rings. The molecule has 2 rings (SSSR count). The van der Waals surface area contributed by atoms with Crippen LogP contribution in [-0.4, -0.2) is 20.2 Å². The molecule has 0 aliphatic rings. The van der Waals surface area contributed by atoms with Gasteiger partial charge in [0, 0.05) is 23.9 Å². The van der Waals surface area contributed by atoms with Crippen LogP contribution in [0.3, 0.4) is 0 Å². The van der Waals surface area contributed by atoms with Gasteiger partial charge in [0.1, 0.15) is 18.0 Å². The lowest BCUT2D eigenvalue weighted by atomic mass is 10.3. The first-order valence-corrected chi connectivity index (χ1v) is 4.56. The number of rotatable bonds is 3. The van der Waals surface area contributed by atoms with E-state index in [2.05, 4.69) is 25.5 Å². The lowest BCUT2D eigenvalue weighted by Gasteiger charge is -2.04. The van der Waals surface area contributed by atoms with Gasteiger partial charge in [-0.1, -0.05) is 0 Å². The van der Waals surface area contributed by atoms with Crippen LogP contribution < -0.4 is 11.1 Å². The Labute approximate surface area is 86.9 Å². The molecule has 0 aliphatic carbocycles. The Balaban J connectivity index is 2.02. The molecule has 0 atom stereocenters. The lowest BCUT2D eigenvalue weighted by Crippen LogP contribution is -2.03. The number of aryl methyl sites for hydroxylation is 1. The van der Waals surface area contributed by atoms with Crippen LogP contribution in [0.1, 0.15) is 11.3 Å². The molecular formula is C9H12N6. The number of hydrogen-bond donors (Lipinski definition) is 3. The van der Waals surface area contributed by atoms with Crippen LogP contribution in [0.25, 0.3) is 0 Å². The van der Waals surface area contributed by atoms with Crippen LogP contribution in [0.15, 0.2) is 18.6 Å². The van der Waals surface area contributed by atoms with Crippen molar-refractivity contribution in [3.63, 3.8) is 0 Å². The fourth-order valence-corrected chi connectivity index (χ4v) is 1.20. The van der Waals surface area contributed by atoms with Gasteiger partial charge in [0.15, 0.2) is 0 Å². The predicted molar refractivity (Wildman–Crippen MR) is 57.1 cm³/mol. The SMILES string of the molecule is Cc1cc(NCc2cn[nH]c2N)ncn1. The maximum atomic E-state index is 5.64. The van der Waals surface area contributed by atoms with Crippen LogP contribution in [0.4, 0.5) is 11.6 Å². The highest BCUT2D eigenvalue weighted by atomic mass is 15.1. The van der Waals surface area contributed by atoms with Gasteiger partial charge >= 0.3 is 0 Å². The number of nitrogens with one attached hydrogen (secondary N) is 2. The summed E-state index contributed by atoms with van der Waals surface area (Å²) in [4.78, 5) is 8.08. The zero-order valence-electron chi connectivity index (χ0n) is 8.36. The highest BCUT2D eigenvalue weighted by molar-refractivity contribution is 5.41. The van der Waals surface area contributed by atoms with E-state index in [-0.39, 0.29) is 0 Å². The molecule has 0 amide bonds. The monoisotopic (exact) mass is 204 g/mol. The van der Waals surface area contributed by atoms with Crippen molar-refractivity contribution in [2.45, 2.75) is 13.5 Å². The van der Waals surface area contributed by atoms with Crippen molar-refractivity contribution in [3.8, 4) is 0 Å². The number of H-pyrrole nitrogens is 1. The third kappa shape index (κ3) is 2.22. The van der Waals surface area contributed by atoms with Crippen molar-refractivity contribution in [2.75, 3.05) is 11.1 Å². The third-order valence-corrected chi connectivity index (χ3v) is 2.02. The van der Waals surface area contributed by atoms with E-state index < -0.39 is 0 Å². The zero-order valence-corrected chi connectivity index (χ0v) is 8.36. The zero-order chi connectivity index (χ0) is 10.7. The summed E-state index contributed by atoms with van der Waals surface area (Å²) in [6, 6.07) is 1.87. The minimum Gasteiger partial charge on any atom is -0.384 e. The molecule has 0 radical (unpaired) electrons. The van der Waals surface area contributed by atoms with E-state index in [1.54, 1.807) is 6.20 Å². The van der Waals surface area contributed by atoms with Crippen molar-refractivity contribution in [3.05, 3.63) is 29.8 Å². The molecule has 78 valence electrons. The molecule has 0 aliphatic heterocycles. The first-order valence-electron chi connectivity index (χ1n) is 4.56. The minimum atomic E-state index is 0.577. The van der Waals surface area contributed by atoms with E-state index in [9.17, 15) is 0 Å². The van der Waals surface area contributed by atoms with Crippen molar-refractivity contribution in [1.82, 2.24) is 20.2 Å². The Kier molecular flexibility index (Phi) is 2.49. The van der Waals surface area contributed by atoms with Crippen LogP contribution in [0, 0.1) is 6.92 Å². The first-order chi connectivity index (χ1) is 7.25. The number of nitrogen functional groups attached to an aromatic ring is 1. The quantitative estimate of drug-likeness (QED) is 0.684. The van der Waals surface area contributed by atoms with E-state index in [1.807, 2.05) is 13.0 Å². The maximum Gasteiger partial charge on any atom is 0.129 e. The van der Waals surface area contributed by atoms with Gasteiger partial charge in [0.05, 0.1) is 6.20 Å². The van der Waals surface area contributed by atoms with Gasteiger partial charge in [-0.3, -0.25) is 5.10 Å². The van der Waals surface area contributed by atoms with Crippen LogP contribution >= 0.6 is 0 Å². The largest absolute Gasteiger partial charge is 0.384 e. The van der Waals surface area contributed by atoms with Crippen LogP contribution in [-0.2, 0) is 6.54 Å². The topological polar surface area (TPSA) is 92.5 Å². The Hall–Kier alpha value is -2.11. The molecule has 6 heteroatoms. The molecule has 0 aromatic carbocycles. The van der Waals surface area contributed by atoms with Crippen molar-refractivity contribution in [2.24, 2.45) is 0 Å². The molecular weight excluding hydrogens is 192 g/mol. The van der Waals surface area contributed by atoms with Gasteiger partial charge in [-0.25, -0.2) is 9.97 Å². The Morgan fingerprint density at radius 3 is 3.00 bits per heavy atom. The molecule has 0 fully saturated rings. The average Bonchev–Trinajstić information content (AvgIpc) is 2.61. The number of nitrogens with two attached hydrogens (primary N) is 1. The second kappa shape index (κ2) is 3.95. The summed E-state index contributed by atoms with van der Waals surface area (Å²) in [6.45, 7) is 2.51. The summed E-state index contributed by atoms with van der Waals surface area (Å²) >= 11 is 0. The van der Waals surface area contributed by atoms with E-state index in [4.69, 9.17) is 5.73 Å². The van der Waals surface area contributed by atoms with E-state index >= 15 is 0 Å². The predicted octanol–water partition coefficient (Wildman–Crippen LogP) is 0.702. The highest BCUT2D eigenvalue weighted by Gasteiger charge is 2.01. The normalized spacial score (nSPS) is 10.2. The van der Waals surface area contributed by atoms with Gasteiger partial charge in [-0.2, -0.15) is 5.10 Å². The number of aromatic amines is 1. The molecule has 4 N–H and O–H groups in total. The Morgan fingerprint density at radius 1 is 1.47 bits per heavy atom. The molecule has 0 saturated carbocycles.